The number of hydrogen-bond donors (Lipinski definition) is 0. The molecule has 0 atom stereocenters. The van der Waals surface area contributed by atoms with E-state index in [4.69, 9.17) is 0 Å². The molecule has 2 aromatic carbocycles. The van der Waals surface area contributed by atoms with Crippen LogP contribution in [0.2, 0.25) is 18.1 Å². The summed E-state index contributed by atoms with van der Waals surface area (Å²) in [6, 6.07) is 13.5. The highest BCUT2D eigenvalue weighted by Crippen LogP contribution is 2.40. The van der Waals surface area contributed by atoms with Crippen molar-refractivity contribution in [2.24, 2.45) is 11.8 Å². The van der Waals surface area contributed by atoms with Crippen LogP contribution in [-0.2, 0) is 0 Å². The highest BCUT2D eigenvalue weighted by atomic mass is 28.3. The third-order valence-corrected chi connectivity index (χ3v) is 12.5. The van der Waals surface area contributed by atoms with E-state index in [-0.39, 0.29) is 5.56 Å². The highest BCUT2D eigenvalue weighted by molar-refractivity contribution is 6.58. The van der Waals surface area contributed by atoms with E-state index in [1.54, 1.807) is 30.3 Å². The van der Waals surface area contributed by atoms with Crippen LogP contribution in [0.3, 0.4) is 0 Å². The molecule has 1 heterocycles. The summed E-state index contributed by atoms with van der Waals surface area (Å²) < 4.78 is 58.0. The first-order valence-electron chi connectivity index (χ1n) is 14.5. The Balaban J connectivity index is 1.23. The predicted octanol–water partition coefficient (Wildman–Crippen LogP) is 10.1. The normalized spacial score (nSPS) is 24.4. The van der Waals surface area contributed by atoms with Crippen LogP contribution in [0, 0.1) is 23.5 Å². The van der Waals surface area contributed by atoms with E-state index in [2.05, 4.69) is 11.7 Å². The number of hydrogen-bond acceptors (Lipinski definition) is 1. The summed E-state index contributed by atoms with van der Waals surface area (Å²) >= 11 is 0. The molecule has 6 heteroatoms. The molecule has 1 aliphatic heterocycles. The molecule has 2 aromatic rings. The van der Waals surface area contributed by atoms with Gasteiger partial charge in [-0.05, 0) is 72.8 Å². The molecule has 1 aliphatic carbocycles. The standard InChI is InChI=1S/C31H42F4OSi/c1-2-3-4-17-37-18-15-23(16-19-37)6-5-22-7-9-24(10-8-22)25-11-13-27(28(32)20-25)26-12-14-30(29(33)21-26)36-31(34)35/h11-14,20-24,31,37H,2-10,15-19H2,1H3/t22-,23?,24-,37?. The molecule has 0 radical (unpaired) electrons. The van der Waals surface area contributed by atoms with Gasteiger partial charge in [0.2, 0.25) is 0 Å². The van der Waals surface area contributed by atoms with Crippen LogP contribution in [0.1, 0.15) is 89.0 Å². The zero-order valence-corrected chi connectivity index (χ0v) is 23.3. The molecule has 0 aromatic heterocycles. The van der Waals surface area contributed by atoms with Gasteiger partial charge in [-0.3, -0.25) is 0 Å². The van der Waals surface area contributed by atoms with Crippen molar-refractivity contribution in [2.45, 2.75) is 108 Å². The van der Waals surface area contributed by atoms with Crippen molar-refractivity contribution < 1.29 is 22.3 Å². The summed E-state index contributed by atoms with van der Waals surface area (Å²) in [7, 11) is -0.419. The van der Waals surface area contributed by atoms with Gasteiger partial charge in [0.05, 0.1) is 0 Å². The molecule has 1 saturated carbocycles. The smallest absolute Gasteiger partial charge is 0.387 e. The lowest BCUT2D eigenvalue weighted by atomic mass is 9.76. The second-order valence-electron chi connectivity index (χ2n) is 11.4. The Morgan fingerprint density at radius 2 is 1.54 bits per heavy atom. The van der Waals surface area contributed by atoms with E-state index in [1.807, 2.05) is 6.07 Å². The largest absolute Gasteiger partial charge is 0.432 e. The monoisotopic (exact) mass is 534 g/mol. The van der Waals surface area contributed by atoms with Crippen molar-refractivity contribution in [3.8, 4) is 16.9 Å². The Bertz CT molecular complexity index is 981. The second kappa shape index (κ2) is 13.8. The maximum atomic E-state index is 15.0. The summed E-state index contributed by atoms with van der Waals surface area (Å²) in [4.78, 5) is 0. The second-order valence-corrected chi connectivity index (χ2v) is 14.9. The van der Waals surface area contributed by atoms with E-state index in [0.29, 0.717) is 11.5 Å². The fraction of sp³-hybridized carbons (Fsp3) is 0.613. The number of benzene rings is 2. The van der Waals surface area contributed by atoms with E-state index in [0.717, 1.165) is 42.4 Å². The first-order chi connectivity index (χ1) is 17.9. The summed E-state index contributed by atoms with van der Waals surface area (Å²) in [6.45, 7) is -0.808. The molecule has 0 bridgehead atoms. The van der Waals surface area contributed by atoms with Crippen LogP contribution in [-0.4, -0.2) is 15.4 Å². The maximum absolute atomic E-state index is 15.0. The molecule has 0 unspecified atom stereocenters. The lowest BCUT2D eigenvalue weighted by molar-refractivity contribution is -0.0521. The van der Waals surface area contributed by atoms with Gasteiger partial charge in [-0.25, -0.2) is 8.78 Å². The van der Waals surface area contributed by atoms with Gasteiger partial charge in [0.15, 0.2) is 11.6 Å². The fourth-order valence-electron chi connectivity index (χ4n) is 6.63. The van der Waals surface area contributed by atoms with Crippen LogP contribution in [0.25, 0.3) is 11.1 Å². The lowest BCUT2D eigenvalue weighted by Gasteiger charge is -2.32. The number of alkyl halides is 2. The van der Waals surface area contributed by atoms with Crippen LogP contribution < -0.4 is 4.74 Å². The molecule has 0 spiro atoms. The Labute approximate surface area is 221 Å². The van der Waals surface area contributed by atoms with Crippen LogP contribution >= 0.6 is 0 Å². The van der Waals surface area contributed by atoms with Gasteiger partial charge in [-0.2, -0.15) is 8.78 Å². The van der Waals surface area contributed by atoms with Gasteiger partial charge in [-0.1, -0.05) is 88.2 Å². The fourth-order valence-corrected chi connectivity index (χ4v) is 10.2. The van der Waals surface area contributed by atoms with E-state index >= 15 is 0 Å². The molecule has 1 nitrogen and oxygen atoms in total. The van der Waals surface area contributed by atoms with E-state index < -0.39 is 32.8 Å². The Hall–Kier alpha value is -1.82. The first-order valence-corrected chi connectivity index (χ1v) is 16.9. The molecule has 0 amide bonds. The predicted molar refractivity (Wildman–Crippen MR) is 146 cm³/mol. The molecule has 2 aliphatic rings. The van der Waals surface area contributed by atoms with Gasteiger partial charge < -0.3 is 4.74 Å². The van der Waals surface area contributed by atoms with Gasteiger partial charge >= 0.3 is 6.61 Å². The maximum Gasteiger partial charge on any atom is 0.387 e. The van der Waals surface area contributed by atoms with Crippen LogP contribution in [0.5, 0.6) is 5.75 Å². The van der Waals surface area contributed by atoms with Crippen molar-refractivity contribution in [1.29, 1.82) is 0 Å². The van der Waals surface area contributed by atoms with Crippen molar-refractivity contribution in [1.82, 2.24) is 0 Å². The van der Waals surface area contributed by atoms with Crippen molar-refractivity contribution in [2.75, 3.05) is 0 Å². The molecule has 37 heavy (non-hydrogen) atoms. The lowest BCUT2D eigenvalue weighted by Crippen LogP contribution is -2.22. The molecule has 2 fully saturated rings. The van der Waals surface area contributed by atoms with E-state index in [1.165, 1.54) is 63.9 Å². The molecule has 0 N–H and O–H groups in total. The average molecular weight is 535 g/mol. The Kier molecular flexibility index (Phi) is 10.5. The first kappa shape index (κ1) is 28.2. The third kappa shape index (κ3) is 8.08. The minimum absolute atomic E-state index is 0.267. The van der Waals surface area contributed by atoms with Gasteiger partial charge in [0.1, 0.15) is 5.82 Å². The molecular weight excluding hydrogens is 492 g/mol. The van der Waals surface area contributed by atoms with Gasteiger partial charge in [-0.15, -0.1) is 0 Å². The quantitative estimate of drug-likeness (QED) is 0.158. The zero-order chi connectivity index (χ0) is 26.2. The number of rotatable bonds is 11. The van der Waals surface area contributed by atoms with Crippen LogP contribution in [0.15, 0.2) is 36.4 Å². The minimum Gasteiger partial charge on any atom is -0.432 e. The van der Waals surface area contributed by atoms with Crippen LogP contribution in [0.4, 0.5) is 17.6 Å². The van der Waals surface area contributed by atoms with Crippen molar-refractivity contribution in [3.63, 3.8) is 0 Å². The summed E-state index contributed by atoms with van der Waals surface area (Å²) in [6.07, 6.45) is 14.6. The van der Waals surface area contributed by atoms with E-state index in [9.17, 15) is 17.6 Å². The number of halogens is 4. The Morgan fingerprint density at radius 1 is 0.838 bits per heavy atom. The summed E-state index contributed by atoms with van der Waals surface area (Å²) in [5.41, 5.74) is 1.58. The average Bonchev–Trinajstić information content (AvgIpc) is 2.90. The minimum atomic E-state index is -3.10. The number of unbranched alkanes of at least 4 members (excludes halogenated alkanes) is 2. The van der Waals surface area contributed by atoms with Crippen molar-refractivity contribution >= 4 is 8.80 Å². The topological polar surface area (TPSA) is 9.23 Å². The molecular formula is C31H42F4OSi. The summed E-state index contributed by atoms with van der Waals surface area (Å²) in [5, 5.41) is 0. The molecule has 204 valence electrons. The Morgan fingerprint density at radius 3 is 2.16 bits per heavy atom. The molecule has 4 rings (SSSR count). The zero-order valence-electron chi connectivity index (χ0n) is 22.2. The van der Waals surface area contributed by atoms with Gasteiger partial charge in [0.25, 0.3) is 0 Å². The molecule has 1 saturated heterocycles. The number of ether oxygens (including phenoxy) is 1. The third-order valence-electron chi connectivity index (χ3n) is 8.94. The highest BCUT2D eigenvalue weighted by Gasteiger charge is 2.26. The van der Waals surface area contributed by atoms with Gasteiger partial charge in [0, 0.05) is 14.4 Å². The SMILES string of the molecule is CCCCC[SiH]1CCC(CC[C@H]2CC[C@H](c3ccc(-c4ccc(OC(F)F)c(F)c4)c(F)c3)CC2)CC1. The van der Waals surface area contributed by atoms with Crippen molar-refractivity contribution in [3.05, 3.63) is 53.6 Å². The summed E-state index contributed by atoms with van der Waals surface area (Å²) in [5.74, 6) is 0.247.